The molecular weight excluding hydrogens is 290 g/mol. The van der Waals surface area contributed by atoms with E-state index in [1.165, 1.54) is 0 Å². The molecule has 1 aromatic carbocycles. The molecule has 0 bridgehead atoms. The second-order valence-electron chi connectivity index (χ2n) is 6.52. The number of hydrogen-bond acceptors (Lipinski definition) is 4. The van der Waals surface area contributed by atoms with Crippen molar-refractivity contribution >= 4 is 6.09 Å². The highest BCUT2D eigenvalue weighted by atomic mass is 16.6. The minimum Gasteiger partial charge on any atom is -0.445 e. The largest absolute Gasteiger partial charge is 0.445 e. The molecule has 1 aliphatic heterocycles. The van der Waals surface area contributed by atoms with Gasteiger partial charge in [0.15, 0.2) is 0 Å². The Labute approximate surface area is 139 Å². The average molecular weight is 319 g/mol. The summed E-state index contributed by atoms with van der Waals surface area (Å²) in [6.45, 7) is 8.87. The molecule has 0 aliphatic carbocycles. The van der Waals surface area contributed by atoms with Gasteiger partial charge >= 0.3 is 6.09 Å². The quantitative estimate of drug-likeness (QED) is 0.838. The first kappa shape index (κ1) is 17.8. The number of carbonyl (C=O) groups is 1. The Morgan fingerprint density at radius 3 is 2.78 bits per heavy atom. The van der Waals surface area contributed by atoms with Crippen LogP contribution < -0.4 is 5.73 Å². The highest BCUT2D eigenvalue weighted by Crippen LogP contribution is 2.19. The lowest BCUT2D eigenvalue weighted by Crippen LogP contribution is -2.40. The molecular formula is C18H29N3O2. The van der Waals surface area contributed by atoms with E-state index in [0.29, 0.717) is 25.1 Å². The zero-order chi connectivity index (χ0) is 16.7. The topological polar surface area (TPSA) is 58.8 Å². The van der Waals surface area contributed by atoms with Crippen LogP contribution in [0, 0.1) is 5.92 Å². The summed E-state index contributed by atoms with van der Waals surface area (Å²) >= 11 is 0. The number of rotatable bonds is 7. The van der Waals surface area contributed by atoms with E-state index in [1.54, 1.807) is 0 Å². The van der Waals surface area contributed by atoms with Gasteiger partial charge in [0.1, 0.15) is 6.61 Å². The van der Waals surface area contributed by atoms with Crippen LogP contribution in [0.2, 0.25) is 0 Å². The summed E-state index contributed by atoms with van der Waals surface area (Å²) in [5, 5.41) is 0. The number of hydrogen-bond donors (Lipinski definition) is 1. The van der Waals surface area contributed by atoms with Gasteiger partial charge in [0, 0.05) is 38.8 Å². The van der Waals surface area contributed by atoms with Crippen molar-refractivity contribution in [2.24, 2.45) is 11.7 Å². The first-order valence-electron chi connectivity index (χ1n) is 8.50. The Bertz CT molecular complexity index is 478. The summed E-state index contributed by atoms with van der Waals surface area (Å²) in [4.78, 5) is 16.4. The minimum absolute atomic E-state index is 0.203. The highest BCUT2D eigenvalue weighted by Gasteiger charge is 2.28. The van der Waals surface area contributed by atoms with E-state index in [9.17, 15) is 4.79 Å². The van der Waals surface area contributed by atoms with Crippen molar-refractivity contribution in [1.29, 1.82) is 0 Å². The molecule has 1 fully saturated rings. The molecule has 0 aromatic heterocycles. The van der Waals surface area contributed by atoms with Crippen LogP contribution in [-0.2, 0) is 11.3 Å². The number of nitrogens with zero attached hydrogens (tertiary/aromatic N) is 2. The van der Waals surface area contributed by atoms with Gasteiger partial charge in [-0.2, -0.15) is 0 Å². The lowest BCUT2D eigenvalue weighted by molar-refractivity contribution is 0.101. The molecule has 5 heteroatoms. The number of ether oxygens (including phenoxy) is 1. The third-order valence-electron chi connectivity index (χ3n) is 4.39. The number of likely N-dealkylation sites (tertiary alicyclic amines) is 1. The van der Waals surface area contributed by atoms with Crippen molar-refractivity contribution < 1.29 is 9.53 Å². The van der Waals surface area contributed by atoms with E-state index in [0.717, 1.165) is 38.2 Å². The first-order valence-corrected chi connectivity index (χ1v) is 8.50. The zero-order valence-electron chi connectivity index (χ0n) is 14.3. The Balaban J connectivity index is 1.76. The van der Waals surface area contributed by atoms with Crippen LogP contribution in [0.3, 0.4) is 0 Å². The van der Waals surface area contributed by atoms with E-state index in [4.69, 9.17) is 10.5 Å². The van der Waals surface area contributed by atoms with Gasteiger partial charge in [0.05, 0.1) is 0 Å². The second-order valence-corrected chi connectivity index (χ2v) is 6.52. The van der Waals surface area contributed by atoms with Gasteiger partial charge < -0.3 is 15.4 Å². The fourth-order valence-electron chi connectivity index (χ4n) is 3.02. The first-order chi connectivity index (χ1) is 11.1. The SMILES string of the molecule is CC(C)N(CCN)CC1CCN(C(=O)OCc2ccccc2)C1. The Kier molecular flexibility index (Phi) is 6.86. The third kappa shape index (κ3) is 5.52. The molecule has 1 heterocycles. The standard InChI is InChI=1S/C18H29N3O2/c1-15(2)20(11-9-19)12-17-8-10-21(13-17)18(22)23-14-16-6-4-3-5-7-16/h3-7,15,17H,8-14,19H2,1-2H3. The van der Waals surface area contributed by atoms with Crippen molar-refractivity contribution in [2.75, 3.05) is 32.7 Å². The van der Waals surface area contributed by atoms with E-state index in [2.05, 4.69) is 18.7 Å². The van der Waals surface area contributed by atoms with Crippen molar-refractivity contribution in [1.82, 2.24) is 9.80 Å². The van der Waals surface area contributed by atoms with Crippen molar-refractivity contribution in [2.45, 2.75) is 32.9 Å². The monoisotopic (exact) mass is 319 g/mol. The maximum absolute atomic E-state index is 12.2. The van der Waals surface area contributed by atoms with Crippen molar-refractivity contribution in [3.05, 3.63) is 35.9 Å². The minimum atomic E-state index is -0.203. The smallest absolute Gasteiger partial charge is 0.410 e. The summed E-state index contributed by atoms with van der Waals surface area (Å²) in [5.74, 6) is 0.508. The molecule has 5 nitrogen and oxygen atoms in total. The Hall–Kier alpha value is -1.59. The van der Waals surface area contributed by atoms with Crippen LogP contribution in [0.4, 0.5) is 4.79 Å². The normalized spacial score (nSPS) is 18.0. The molecule has 2 N–H and O–H groups in total. The fourth-order valence-corrected chi connectivity index (χ4v) is 3.02. The van der Waals surface area contributed by atoms with Gasteiger partial charge in [0.2, 0.25) is 0 Å². The molecule has 23 heavy (non-hydrogen) atoms. The number of carbonyl (C=O) groups excluding carboxylic acids is 1. The third-order valence-corrected chi connectivity index (χ3v) is 4.39. The summed E-state index contributed by atoms with van der Waals surface area (Å²) in [7, 11) is 0. The number of amides is 1. The fraction of sp³-hybridized carbons (Fsp3) is 0.611. The van der Waals surface area contributed by atoms with E-state index in [1.807, 2.05) is 35.2 Å². The van der Waals surface area contributed by atoms with E-state index in [-0.39, 0.29) is 6.09 Å². The van der Waals surface area contributed by atoms with Crippen molar-refractivity contribution in [3.8, 4) is 0 Å². The molecule has 2 rings (SSSR count). The van der Waals surface area contributed by atoms with Crippen LogP contribution in [0.5, 0.6) is 0 Å². The molecule has 1 amide bonds. The maximum atomic E-state index is 12.2. The van der Waals surface area contributed by atoms with E-state index >= 15 is 0 Å². The molecule has 1 atom stereocenters. The molecule has 1 unspecified atom stereocenters. The zero-order valence-corrected chi connectivity index (χ0v) is 14.3. The average Bonchev–Trinajstić information content (AvgIpc) is 3.02. The molecule has 1 saturated heterocycles. The van der Waals surface area contributed by atoms with Crippen LogP contribution >= 0.6 is 0 Å². The summed E-state index contributed by atoms with van der Waals surface area (Å²) < 4.78 is 5.41. The molecule has 1 aliphatic rings. The highest BCUT2D eigenvalue weighted by molar-refractivity contribution is 5.68. The van der Waals surface area contributed by atoms with Crippen LogP contribution in [0.25, 0.3) is 0 Å². The van der Waals surface area contributed by atoms with Gasteiger partial charge in [-0.15, -0.1) is 0 Å². The molecule has 0 saturated carbocycles. The summed E-state index contributed by atoms with van der Waals surface area (Å²) in [5.41, 5.74) is 6.70. The van der Waals surface area contributed by atoms with Crippen LogP contribution in [-0.4, -0.2) is 54.7 Å². The van der Waals surface area contributed by atoms with Gasteiger partial charge in [-0.25, -0.2) is 4.79 Å². The second kappa shape index (κ2) is 8.89. The van der Waals surface area contributed by atoms with Crippen LogP contribution in [0.15, 0.2) is 30.3 Å². The van der Waals surface area contributed by atoms with E-state index < -0.39 is 0 Å². The maximum Gasteiger partial charge on any atom is 0.410 e. The summed E-state index contributed by atoms with van der Waals surface area (Å²) in [6.07, 6.45) is 0.833. The molecule has 1 aromatic rings. The summed E-state index contributed by atoms with van der Waals surface area (Å²) in [6, 6.07) is 10.3. The van der Waals surface area contributed by atoms with Gasteiger partial charge in [0.25, 0.3) is 0 Å². The van der Waals surface area contributed by atoms with Gasteiger partial charge in [-0.1, -0.05) is 30.3 Å². The molecule has 128 valence electrons. The van der Waals surface area contributed by atoms with Crippen molar-refractivity contribution in [3.63, 3.8) is 0 Å². The van der Waals surface area contributed by atoms with Gasteiger partial charge in [-0.3, -0.25) is 4.90 Å². The van der Waals surface area contributed by atoms with Gasteiger partial charge in [-0.05, 0) is 31.7 Å². The predicted octanol–water partition coefficient (Wildman–Crippen LogP) is 2.31. The molecule has 0 spiro atoms. The Morgan fingerprint density at radius 1 is 1.39 bits per heavy atom. The Morgan fingerprint density at radius 2 is 2.13 bits per heavy atom. The lowest BCUT2D eigenvalue weighted by atomic mass is 10.1. The van der Waals surface area contributed by atoms with Crippen LogP contribution in [0.1, 0.15) is 25.8 Å². The number of nitrogens with two attached hydrogens (primary N) is 1. The predicted molar refractivity (Wildman–Crippen MR) is 92.1 cm³/mol. The lowest BCUT2D eigenvalue weighted by Gasteiger charge is -2.28. The number of benzene rings is 1. The molecule has 0 radical (unpaired) electrons.